The number of para-hydroxylation sites is 1. The van der Waals surface area contributed by atoms with Crippen LogP contribution in [-0.2, 0) is 6.61 Å². The van der Waals surface area contributed by atoms with E-state index < -0.39 is 0 Å². The molecule has 0 spiro atoms. The quantitative estimate of drug-likeness (QED) is 0.811. The van der Waals surface area contributed by atoms with Crippen molar-refractivity contribution in [2.45, 2.75) is 25.5 Å². The first kappa shape index (κ1) is 14.2. The van der Waals surface area contributed by atoms with E-state index in [9.17, 15) is 0 Å². The van der Waals surface area contributed by atoms with Crippen molar-refractivity contribution in [3.8, 4) is 5.75 Å². The Hall–Kier alpha value is -2.20. The van der Waals surface area contributed by atoms with Crippen LogP contribution in [0.3, 0.4) is 0 Å². The van der Waals surface area contributed by atoms with Gasteiger partial charge in [0.15, 0.2) is 0 Å². The molecule has 4 aliphatic heterocycles. The minimum atomic E-state index is 0.390. The summed E-state index contributed by atoms with van der Waals surface area (Å²) in [5.41, 5.74) is 4.26. The third kappa shape index (κ3) is 2.33. The minimum Gasteiger partial charge on any atom is -0.487 e. The summed E-state index contributed by atoms with van der Waals surface area (Å²) in [4.78, 5) is 12.4. The third-order valence-corrected chi connectivity index (χ3v) is 5.57. The van der Waals surface area contributed by atoms with Gasteiger partial charge in [0.1, 0.15) is 12.4 Å². The largest absolute Gasteiger partial charge is 0.487 e. The van der Waals surface area contributed by atoms with Crippen molar-refractivity contribution in [1.82, 2.24) is 9.88 Å². The maximum atomic E-state index is 6.00. The van der Waals surface area contributed by atoms with Gasteiger partial charge in [-0.1, -0.05) is 12.1 Å². The summed E-state index contributed by atoms with van der Waals surface area (Å²) in [7, 11) is 0. The lowest BCUT2D eigenvalue weighted by molar-refractivity contribution is 0.0907. The molecule has 4 nitrogen and oxygen atoms in total. The molecule has 0 radical (unpaired) electrons. The zero-order valence-electron chi connectivity index (χ0n) is 13.7. The number of pyridine rings is 1. The van der Waals surface area contributed by atoms with Crippen molar-refractivity contribution in [2.24, 2.45) is 10.9 Å². The van der Waals surface area contributed by atoms with Gasteiger partial charge in [-0.3, -0.25) is 9.98 Å². The molecule has 1 aromatic heterocycles. The molecule has 1 atom stereocenters. The smallest absolute Gasteiger partial charge is 0.131 e. The van der Waals surface area contributed by atoms with Gasteiger partial charge in [0.05, 0.1) is 17.4 Å². The topological polar surface area (TPSA) is 37.7 Å². The monoisotopic (exact) mass is 319 g/mol. The predicted octanol–water partition coefficient (Wildman–Crippen LogP) is 2.91. The van der Waals surface area contributed by atoms with Crippen LogP contribution in [0.15, 0.2) is 47.6 Å². The van der Waals surface area contributed by atoms with Gasteiger partial charge in [0.25, 0.3) is 0 Å². The van der Waals surface area contributed by atoms with Gasteiger partial charge in [-0.25, -0.2) is 0 Å². The number of hydrogen-bond donors (Lipinski definition) is 0. The Balaban J connectivity index is 1.65. The molecule has 3 saturated heterocycles. The first-order valence-electron chi connectivity index (χ1n) is 8.85. The Morgan fingerprint density at radius 3 is 2.71 bits per heavy atom. The fourth-order valence-electron chi connectivity index (χ4n) is 4.23. The van der Waals surface area contributed by atoms with Gasteiger partial charge in [-0.15, -0.1) is 0 Å². The molecule has 4 heteroatoms. The van der Waals surface area contributed by atoms with Crippen molar-refractivity contribution >= 4 is 5.71 Å². The number of piperidine rings is 3. The van der Waals surface area contributed by atoms with Crippen molar-refractivity contribution in [3.05, 3.63) is 59.4 Å². The molecule has 0 amide bonds. The summed E-state index contributed by atoms with van der Waals surface area (Å²) in [5.74, 6) is 1.63. The van der Waals surface area contributed by atoms with Gasteiger partial charge < -0.3 is 9.64 Å². The number of aromatic nitrogens is 1. The third-order valence-electron chi connectivity index (χ3n) is 5.57. The molecule has 24 heavy (non-hydrogen) atoms. The summed E-state index contributed by atoms with van der Waals surface area (Å²) in [6.07, 6.45) is 4.39. The molecule has 5 heterocycles. The first-order chi connectivity index (χ1) is 11.9. The van der Waals surface area contributed by atoms with Crippen LogP contribution in [0, 0.1) is 5.92 Å². The average molecular weight is 319 g/mol. The molecule has 0 saturated carbocycles. The number of fused-ring (bicyclic) bond motifs is 5. The Morgan fingerprint density at radius 2 is 1.88 bits per heavy atom. The van der Waals surface area contributed by atoms with E-state index in [-0.39, 0.29) is 0 Å². The molecule has 0 N–H and O–H groups in total. The summed E-state index contributed by atoms with van der Waals surface area (Å²) in [6.45, 7) is 4.08. The van der Waals surface area contributed by atoms with E-state index >= 15 is 0 Å². The van der Waals surface area contributed by atoms with Crippen molar-refractivity contribution in [2.75, 3.05) is 19.6 Å². The Bertz CT molecular complexity index is 743. The molecule has 122 valence electrons. The second kappa shape index (κ2) is 5.71. The van der Waals surface area contributed by atoms with Crippen LogP contribution in [0.2, 0.25) is 0 Å². The SMILES string of the molecule is c1ccc2c(c1)OCc1ncccc1/C2=N\C1CN2CCC1CC2. The highest BCUT2D eigenvalue weighted by molar-refractivity contribution is 6.15. The van der Waals surface area contributed by atoms with Crippen LogP contribution in [-0.4, -0.2) is 41.3 Å². The zero-order chi connectivity index (χ0) is 15.9. The molecule has 6 rings (SSSR count). The molecule has 1 aromatic carbocycles. The second-order valence-corrected chi connectivity index (χ2v) is 6.97. The van der Waals surface area contributed by atoms with Crippen LogP contribution in [0.5, 0.6) is 5.75 Å². The molecule has 2 bridgehead atoms. The minimum absolute atomic E-state index is 0.390. The van der Waals surface area contributed by atoms with Gasteiger partial charge in [0.2, 0.25) is 0 Å². The highest BCUT2D eigenvalue weighted by Gasteiger charge is 2.35. The molecule has 4 aliphatic rings. The fraction of sp³-hybridized carbons (Fsp3) is 0.400. The summed E-state index contributed by atoms with van der Waals surface area (Å²) >= 11 is 0. The average Bonchev–Trinajstić information content (AvgIpc) is 2.81. The molecule has 3 fully saturated rings. The van der Waals surface area contributed by atoms with E-state index in [1.165, 1.54) is 25.9 Å². The number of aliphatic imine (C=N–C) groups is 1. The number of ether oxygens (including phenoxy) is 1. The summed E-state index contributed by atoms with van der Waals surface area (Å²) < 4.78 is 6.00. The zero-order valence-corrected chi connectivity index (χ0v) is 13.7. The number of nitrogens with zero attached hydrogens (tertiary/aromatic N) is 3. The van der Waals surface area contributed by atoms with E-state index in [0.29, 0.717) is 12.6 Å². The standard InChI is InChI=1S/C20H21N3O/c1-2-6-19-16(4-1)20(15-5-3-9-21-18(15)13-24-19)22-17-12-23-10-7-14(17)8-11-23/h1-6,9,14,17H,7-8,10-13H2/b22-20+. The molecular weight excluding hydrogens is 298 g/mol. The van der Waals surface area contributed by atoms with E-state index in [4.69, 9.17) is 9.73 Å². The predicted molar refractivity (Wildman–Crippen MR) is 93.6 cm³/mol. The van der Waals surface area contributed by atoms with Crippen LogP contribution in [0.25, 0.3) is 0 Å². The van der Waals surface area contributed by atoms with Crippen LogP contribution in [0.1, 0.15) is 29.7 Å². The molecular formula is C20H21N3O. The van der Waals surface area contributed by atoms with Gasteiger partial charge in [-0.2, -0.15) is 0 Å². The maximum Gasteiger partial charge on any atom is 0.131 e. The summed E-state index contributed by atoms with van der Waals surface area (Å²) in [6, 6.07) is 12.8. The van der Waals surface area contributed by atoms with E-state index in [1.54, 1.807) is 0 Å². The highest BCUT2D eigenvalue weighted by atomic mass is 16.5. The Morgan fingerprint density at radius 1 is 1.04 bits per heavy atom. The fourth-order valence-corrected chi connectivity index (χ4v) is 4.23. The summed E-state index contributed by atoms with van der Waals surface area (Å²) in [5, 5.41) is 0. The van der Waals surface area contributed by atoms with Crippen molar-refractivity contribution in [1.29, 1.82) is 0 Å². The van der Waals surface area contributed by atoms with Gasteiger partial charge in [-0.05, 0) is 56.1 Å². The highest BCUT2D eigenvalue weighted by Crippen LogP contribution is 2.33. The molecule has 2 aromatic rings. The van der Waals surface area contributed by atoms with E-state index in [1.807, 2.05) is 24.4 Å². The van der Waals surface area contributed by atoms with Crippen LogP contribution in [0.4, 0.5) is 0 Å². The van der Waals surface area contributed by atoms with E-state index in [2.05, 4.69) is 28.1 Å². The van der Waals surface area contributed by atoms with Gasteiger partial charge in [0, 0.05) is 23.9 Å². The van der Waals surface area contributed by atoms with Crippen molar-refractivity contribution in [3.63, 3.8) is 0 Å². The normalized spacial score (nSPS) is 29.5. The van der Waals surface area contributed by atoms with E-state index in [0.717, 1.165) is 40.7 Å². The Kier molecular flexibility index (Phi) is 3.37. The number of rotatable bonds is 1. The van der Waals surface area contributed by atoms with Crippen LogP contribution >= 0.6 is 0 Å². The lowest BCUT2D eigenvalue weighted by Gasteiger charge is -2.43. The number of benzene rings is 1. The van der Waals surface area contributed by atoms with Crippen molar-refractivity contribution < 1.29 is 4.74 Å². The Labute approximate surface area is 142 Å². The second-order valence-electron chi connectivity index (χ2n) is 6.97. The first-order valence-corrected chi connectivity index (χ1v) is 8.85. The van der Waals surface area contributed by atoms with Crippen LogP contribution < -0.4 is 4.74 Å². The lowest BCUT2D eigenvalue weighted by Crippen LogP contribution is -2.49. The molecule has 1 unspecified atom stereocenters. The molecule has 0 aliphatic carbocycles. The lowest BCUT2D eigenvalue weighted by atomic mass is 9.84. The maximum absolute atomic E-state index is 6.00. The number of hydrogen-bond acceptors (Lipinski definition) is 4. The van der Waals surface area contributed by atoms with Gasteiger partial charge >= 0.3 is 0 Å².